The van der Waals surface area contributed by atoms with Gasteiger partial charge in [0.1, 0.15) is 5.02 Å². The van der Waals surface area contributed by atoms with Gasteiger partial charge >= 0.3 is 0 Å². The SMILES string of the molecule is CCSCCC(C)Nc1cnn(CCOC)c(=O)c1Cl. The molecule has 5 nitrogen and oxygen atoms in total. The molecule has 1 atom stereocenters. The van der Waals surface area contributed by atoms with Crippen molar-refractivity contribution in [1.29, 1.82) is 0 Å². The van der Waals surface area contributed by atoms with Gasteiger partial charge in [-0.15, -0.1) is 0 Å². The van der Waals surface area contributed by atoms with Gasteiger partial charge < -0.3 is 10.1 Å². The smallest absolute Gasteiger partial charge is 0.287 e. The molecule has 0 aliphatic rings. The van der Waals surface area contributed by atoms with Gasteiger partial charge in [-0.3, -0.25) is 4.79 Å². The monoisotopic (exact) mass is 319 g/mol. The van der Waals surface area contributed by atoms with Gasteiger partial charge in [-0.25, -0.2) is 4.68 Å². The molecule has 1 unspecified atom stereocenters. The summed E-state index contributed by atoms with van der Waals surface area (Å²) in [6.45, 7) is 5.05. The van der Waals surface area contributed by atoms with Crippen LogP contribution in [0.2, 0.25) is 5.02 Å². The van der Waals surface area contributed by atoms with Crippen molar-refractivity contribution in [3.05, 3.63) is 21.6 Å². The molecular formula is C13H22ClN3O2S. The average Bonchev–Trinajstić information content (AvgIpc) is 2.43. The highest BCUT2D eigenvalue weighted by Crippen LogP contribution is 2.17. The lowest BCUT2D eigenvalue weighted by Gasteiger charge is -2.16. The van der Waals surface area contributed by atoms with E-state index in [9.17, 15) is 4.79 Å². The molecule has 0 aromatic carbocycles. The normalized spacial score (nSPS) is 12.4. The molecular weight excluding hydrogens is 298 g/mol. The summed E-state index contributed by atoms with van der Waals surface area (Å²) < 4.78 is 6.24. The van der Waals surface area contributed by atoms with E-state index in [1.54, 1.807) is 13.3 Å². The van der Waals surface area contributed by atoms with Crippen LogP contribution >= 0.6 is 23.4 Å². The maximum atomic E-state index is 12.0. The minimum absolute atomic E-state index is 0.186. The minimum atomic E-state index is -0.288. The van der Waals surface area contributed by atoms with E-state index in [4.69, 9.17) is 16.3 Å². The Morgan fingerprint density at radius 3 is 3.00 bits per heavy atom. The standard InChI is InChI=1S/C13H22ClN3O2S/c1-4-20-8-5-10(2)16-11-9-15-17(6-7-19-3)13(18)12(11)14/h9-10,16H,4-8H2,1-3H3. The zero-order valence-corrected chi connectivity index (χ0v) is 13.8. The third kappa shape index (κ3) is 5.34. The number of rotatable bonds is 9. The second-order valence-corrected chi connectivity index (χ2v) is 6.20. The fourth-order valence-corrected chi connectivity index (χ4v) is 2.65. The van der Waals surface area contributed by atoms with Crippen LogP contribution in [-0.4, -0.2) is 41.0 Å². The summed E-state index contributed by atoms with van der Waals surface area (Å²) in [7, 11) is 1.58. The maximum absolute atomic E-state index is 12.0. The van der Waals surface area contributed by atoms with Crippen LogP contribution in [0.5, 0.6) is 0 Å². The van der Waals surface area contributed by atoms with E-state index >= 15 is 0 Å². The molecule has 0 saturated carbocycles. The molecule has 1 aromatic heterocycles. The Hall–Kier alpha value is -0.720. The van der Waals surface area contributed by atoms with Crippen molar-refractivity contribution in [3.8, 4) is 0 Å². The number of ether oxygens (including phenoxy) is 1. The number of hydrogen-bond donors (Lipinski definition) is 1. The molecule has 1 rings (SSSR count). The Bertz CT molecular complexity index is 467. The number of nitrogens with one attached hydrogen (secondary N) is 1. The quantitative estimate of drug-likeness (QED) is 0.709. The van der Waals surface area contributed by atoms with Crippen molar-refractivity contribution in [3.63, 3.8) is 0 Å². The molecule has 0 fully saturated rings. The van der Waals surface area contributed by atoms with Gasteiger partial charge in [0.2, 0.25) is 0 Å². The van der Waals surface area contributed by atoms with Crippen molar-refractivity contribution in [2.45, 2.75) is 32.9 Å². The highest BCUT2D eigenvalue weighted by Gasteiger charge is 2.11. The first-order valence-corrected chi connectivity index (χ1v) is 8.22. The fraction of sp³-hybridized carbons (Fsp3) is 0.692. The van der Waals surface area contributed by atoms with Gasteiger partial charge in [-0.1, -0.05) is 18.5 Å². The summed E-state index contributed by atoms with van der Waals surface area (Å²) >= 11 is 8.00. The number of nitrogens with zero attached hydrogens (tertiary/aromatic N) is 2. The molecule has 0 aliphatic heterocycles. The van der Waals surface area contributed by atoms with Gasteiger partial charge in [0.15, 0.2) is 0 Å². The van der Waals surface area contributed by atoms with E-state index in [0.717, 1.165) is 17.9 Å². The summed E-state index contributed by atoms with van der Waals surface area (Å²) in [4.78, 5) is 12.0. The zero-order chi connectivity index (χ0) is 15.0. The molecule has 114 valence electrons. The molecule has 1 heterocycles. The molecule has 1 N–H and O–H groups in total. The van der Waals surface area contributed by atoms with E-state index in [2.05, 4.69) is 24.3 Å². The molecule has 0 saturated heterocycles. The number of halogens is 1. The van der Waals surface area contributed by atoms with E-state index < -0.39 is 0 Å². The summed E-state index contributed by atoms with van der Waals surface area (Å²) in [6, 6.07) is 0.252. The van der Waals surface area contributed by atoms with Crippen molar-refractivity contribution >= 4 is 29.1 Å². The second-order valence-electron chi connectivity index (χ2n) is 4.42. The third-order valence-electron chi connectivity index (χ3n) is 2.79. The predicted molar refractivity (Wildman–Crippen MR) is 86.1 cm³/mol. The summed E-state index contributed by atoms with van der Waals surface area (Å²) in [5.74, 6) is 2.20. The first kappa shape index (κ1) is 17.3. The van der Waals surface area contributed by atoms with Crippen molar-refractivity contribution in [2.24, 2.45) is 0 Å². The molecule has 0 aliphatic carbocycles. The Morgan fingerprint density at radius 1 is 1.60 bits per heavy atom. The van der Waals surface area contributed by atoms with Crippen molar-refractivity contribution in [2.75, 3.05) is 30.5 Å². The van der Waals surface area contributed by atoms with Crippen LogP contribution in [0, 0.1) is 0 Å². The minimum Gasteiger partial charge on any atom is -0.383 e. The fourth-order valence-electron chi connectivity index (χ4n) is 1.64. The first-order valence-electron chi connectivity index (χ1n) is 6.69. The largest absolute Gasteiger partial charge is 0.383 e. The number of hydrogen-bond acceptors (Lipinski definition) is 5. The van der Waals surface area contributed by atoms with Crippen LogP contribution in [0.4, 0.5) is 5.69 Å². The van der Waals surface area contributed by atoms with Crippen LogP contribution in [0.15, 0.2) is 11.0 Å². The first-order chi connectivity index (χ1) is 9.60. The molecule has 0 spiro atoms. The Labute approximate surface area is 129 Å². The maximum Gasteiger partial charge on any atom is 0.287 e. The Morgan fingerprint density at radius 2 is 2.35 bits per heavy atom. The molecule has 0 bridgehead atoms. The second kappa shape index (κ2) is 9.26. The molecule has 0 radical (unpaired) electrons. The van der Waals surface area contributed by atoms with E-state index in [0.29, 0.717) is 18.8 Å². The number of aromatic nitrogens is 2. The van der Waals surface area contributed by atoms with Crippen molar-refractivity contribution in [1.82, 2.24) is 9.78 Å². The lowest BCUT2D eigenvalue weighted by atomic mass is 10.2. The van der Waals surface area contributed by atoms with Crippen LogP contribution in [0.3, 0.4) is 0 Å². The topological polar surface area (TPSA) is 56.1 Å². The number of methoxy groups -OCH3 is 1. The lowest BCUT2D eigenvalue weighted by Crippen LogP contribution is -2.27. The average molecular weight is 320 g/mol. The van der Waals surface area contributed by atoms with Crippen LogP contribution < -0.4 is 10.9 Å². The highest BCUT2D eigenvalue weighted by atomic mass is 35.5. The van der Waals surface area contributed by atoms with E-state index in [-0.39, 0.29) is 16.6 Å². The van der Waals surface area contributed by atoms with Gasteiger partial charge in [-0.05, 0) is 24.9 Å². The molecule has 20 heavy (non-hydrogen) atoms. The van der Waals surface area contributed by atoms with Crippen LogP contribution in [0.25, 0.3) is 0 Å². The number of thioether (sulfide) groups is 1. The lowest BCUT2D eigenvalue weighted by molar-refractivity contribution is 0.182. The van der Waals surface area contributed by atoms with Gasteiger partial charge in [0, 0.05) is 13.2 Å². The summed E-state index contributed by atoms with van der Waals surface area (Å²) in [5.41, 5.74) is 0.309. The summed E-state index contributed by atoms with van der Waals surface area (Å²) in [6.07, 6.45) is 2.62. The van der Waals surface area contributed by atoms with Crippen molar-refractivity contribution < 1.29 is 4.74 Å². The van der Waals surface area contributed by atoms with Crippen LogP contribution in [-0.2, 0) is 11.3 Å². The van der Waals surface area contributed by atoms with Gasteiger partial charge in [0.25, 0.3) is 5.56 Å². The Kier molecular flexibility index (Phi) is 8.02. The number of anilines is 1. The third-order valence-corrected chi connectivity index (χ3v) is 4.09. The van der Waals surface area contributed by atoms with E-state index in [1.807, 2.05) is 11.8 Å². The molecule has 0 amide bonds. The summed E-state index contributed by atoms with van der Waals surface area (Å²) in [5, 5.41) is 7.53. The predicted octanol–water partition coefficient (Wildman–Crippen LogP) is 2.49. The van der Waals surface area contributed by atoms with Crippen LogP contribution in [0.1, 0.15) is 20.3 Å². The highest BCUT2D eigenvalue weighted by molar-refractivity contribution is 7.99. The Balaban J connectivity index is 2.67. The zero-order valence-electron chi connectivity index (χ0n) is 12.2. The van der Waals surface area contributed by atoms with E-state index in [1.165, 1.54) is 4.68 Å². The molecule has 1 aromatic rings. The van der Waals surface area contributed by atoms with Gasteiger partial charge in [-0.2, -0.15) is 16.9 Å². The van der Waals surface area contributed by atoms with Gasteiger partial charge in [0.05, 0.1) is 25.0 Å². The molecule has 7 heteroatoms.